The van der Waals surface area contributed by atoms with Crippen molar-refractivity contribution in [2.75, 3.05) is 6.61 Å². The molecule has 2 atom stereocenters. The monoisotopic (exact) mass is 210 g/mol. The summed E-state index contributed by atoms with van der Waals surface area (Å²) >= 11 is 0. The first-order valence-electron chi connectivity index (χ1n) is 5.86. The van der Waals surface area contributed by atoms with Crippen LogP contribution in [0.15, 0.2) is 12.2 Å². The fraction of sp³-hybridized carbons (Fsp3) is 0.769. The Bertz CT molecular complexity index is 253. The van der Waals surface area contributed by atoms with Crippen LogP contribution in [0.4, 0.5) is 0 Å². The van der Waals surface area contributed by atoms with Crippen LogP contribution in [0.3, 0.4) is 0 Å². The Labute approximate surface area is 92.7 Å². The summed E-state index contributed by atoms with van der Waals surface area (Å²) in [6, 6.07) is 0. The van der Waals surface area contributed by atoms with Gasteiger partial charge in [-0.05, 0) is 44.6 Å². The van der Waals surface area contributed by atoms with Crippen LogP contribution < -0.4 is 0 Å². The second-order valence-corrected chi connectivity index (χ2v) is 4.74. The fourth-order valence-corrected chi connectivity index (χ4v) is 2.57. The highest BCUT2D eigenvalue weighted by Crippen LogP contribution is 2.37. The maximum Gasteiger partial charge on any atom is 0.189 e. The number of Topliss-reactive ketones (excluding diaryl/α,β-unsaturated/α-hetero) is 1. The minimum absolute atomic E-state index is 0.107. The summed E-state index contributed by atoms with van der Waals surface area (Å²) in [5, 5.41) is 0. The summed E-state index contributed by atoms with van der Waals surface area (Å²) in [6.07, 6.45) is 4.00. The van der Waals surface area contributed by atoms with Gasteiger partial charge in [0.25, 0.3) is 0 Å². The highest BCUT2D eigenvalue weighted by Gasteiger charge is 2.42. The molecule has 0 radical (unpaired) electrons. The first kappa shape index (κ1) is 12.4. The van der Waals surface area contributed by atoms with Crippen molar-refractivity contribution in [3.63, 3.8) is 0 Å². The second-order valence-electron chi connectivity index (χ2n) is 4.74. The van der Waals surface area contributed by atoms with Crippen LogP contribution in [0.25, 0.3) is 0 Å². The Balaban J connectivity index is 2.86. The molecule has 2 unspecified atom stereocenters. The molecule has 1 rings (SSSR count). The Kier molecular flexibility index (Phi) is 4.09. The lowest BCUT2D eigenvalue weighted by atomic mass is 9.75. The van der Waals surface area contributed by atoms with E-state index >= 15 is 0 Å². The van der Waals surface area contributed by atoms with Crippen LogP contribution in [0, 0.1) is 5.92 Å². The molecule has 0 aliphatic heterocycles. The van der Waals surface area contributed by atoms with Gasteiger partial charge in [0.1, 0.15) is 5.60 Å². The molecular formula is C13H22O2. The largest absolute Gasteiger partial charge is 0.367 e. The molecule has 86 valence electrons. The Morgan fingerprint density at radius 1 is 1.60 bits per heavy atom. The molecule has 0 saturated heterocycles. The normalized spacial score (nSPS) is 31.3. The Hall–Kier alpha value is -0.630. The molecular weight excluding hydrogens is 188 g/mol. The van der Waals surface area contributed by atoms with Gasteiger partial charge >= 0.3 is 0 Å². The van der Waals surface area contributed by atoms with E-state index in [-0.39, 0.29) is 5.78 Å². The van der Waals surface area contributed by atoms with Crippen LogP contribution in [0.5, 0.6) is 0 Å². The minimum atomic E-state index is -0.557. The van der Waals surface area contributed by atoms with Gasteiger partial charge in [-0.2, -0.15) is 0 Å². The third kappa shape index (κ3) is 2.69. The molecule has 0 aromatic heterocycles. The lowest BCUT2D eigenvalue weighted by Crippen LogP contribution is -2.45. The smallest absolute Gasteiger partial charge is 0.189 e. The van der Waals surface area contributed by atoms with E-state index in [1.165, 1.54) is 6.42 Å². The van der Waals surface area contributed by atoms with E-state index in [0.717, 1.165) is 19.3 Å². The van der Waals surface area contributed by atoms with Crippen molar-refractivity contribution in [2.45, 2.75) is 52.1 Å². The van der Waals surface area contributed by atoms with E-state index in [1.54, 1.807) is 6.92 Å². The third-order valence-electron chi connectivity index (χ3n) is 3.18. The number of ketones is 1. The van der Waals surface area contributed by atoms with Gasteiger partial charge in [-0.3, -0.25) is 4.79 Å². The lowest BCUT2D eigenvalue weighted by Gasteiger charge is -2.38. The van der Waals surface area contributed by atoms with Crippen molar-refractivity contribution >= 4 is 5.78 Å². The van der Waals surface area contributed by atoms with Gasteiger partial charge in [0.05, 0.1) is 0 Å². The first-order valence-corrected chi connectivity index (χ1v) is 5.86. The number of hydrogen-bond acceptors (Lipinski definition) is 2. The second kappa shape index (κ2) is 4.93. The van der Waals surface area contributed by atoms with Crippen molar-refractivity contribution < 1.29 is 9.53 Å². The molecule has 0 spiro atoms. The van der Waals surface area contributed by atoms with E-state index < -0.39 is 5.60 Å². The Morgan fingerprint density at radius 3 is 2.73 bits per heavy atom. The van der Waals surface area contributed by atoms with Crippen molar-refractivity contribution in [3.8, 4) is 0 Å². The zero-order chi connectivity index (χ0) is 11.5. The Morgan fingerprint density at radius 2 is 2.27 bits per heavy atom. The van der Waals surface area contributed by atoms with E-state index in [1.807, 2.05) is 6.92 Å². The van der Waals surface area contributed by atoms with Crippen molar-refractivity contribution in [2.24, 2.45) is 5.92 Å². The van der Waals surface area contributed by atoms with E-state index in [4.69, 9.17) is 4.74 Å². The molecule has 0 aromatic carbocycles. The highest BCUT2D eigenvalue weighted by molar-refractivity contribution is 6.01. The fourth-order valence-electron chi connectivity index (χ4n) is 2.57. The van der Waals surface area contributed by atoms with Gasteiger partial charge in [0.15, 0.2) is 5.78 Å². The van der Waals surface area contributed by atoms with E-state index in [2.05, 4.69) is 13.5 Å². The van der Waals surface area contributed by atoms with Gasteiger partial charge in [-0.25, -0.2) is 0 Å². The zero-order valence-electron chi connectivity index (χ0n) is 10.1. The zero-order valence-corrected chi connectivity index (χ0v) is 10.1. The molecule has 0 amide bonds. The van der Waals surface area contributed by atoms with Crippen LogP contribution in [-0.2, 0) is 9.53 Å². The van der Waals surface area contributed by atoms with Gasteiger partial charge in [-0.1, -0.05) is 19.9 Å². The SMILES string of the molecule is C=C(C)C(=O)C1(OCC)CCCC(C)C1. The maximum atomic E-state index is 12.1. The van der Waals surface area contributed by atoms with Crippen molar-refractivity contribution in [1.29, 1.82) is 0 Å². The van der Waals surface area contributed by atoms with Gasteiger partial charge < -0.3 is 4.74 Å². The van der Waals surface area contributed by atoms with Crippen molar-refractivity contribution in [1.82, 2.24) is 0 Å². The standard InChI is InChI=1S/C13H22O2/c1-5-15-13(12(14)10(2)3)8-6-7-11(4)9-13/h11H,2,5-9H2,1,3-4H3. The number of hydrogen-bond donors (Lipinski definition) is 0. The number of carbonyl (C=O) groups excluding carboxylic acids is 1. The number of ether oxygens (including phenoxy) is 1. The number of carbonyl (C=O) groups is 1. The van der Waals surface area contributed by atoms with Crippen LogP contribution >= 0.6 is 0 Å². The summed E-state index contributed by atoms with van der Waals surface area (Å²) in [7, 11) is 0. The highest BCUT2D eigenvalue weighted by atomic mass is 16.5. The maximum absolute atomic E-state index is 12.1. The van der Waals surface area contributed by atoms with Crippen LogP contribution in [-0.4, -0.2) is 18.0 Å². The molecule has 0 heterocycles. The lowest BCUT2D eigenvalue weighted by molar-refractivity contribution is -0.147. The van der Waals surface area contributed by atoms with Crippen LogP contribution in [0.2, 0.25) is 0 Å². The summed E-state index contributed by atoms with van der Waals surface area (Å²) < 4.78 is 5.75. The molecule has 0 bridgehead atoms. The quantitative estimate of drug-likeness (QED) is 0.666. The molecule has 0 N–H and O–H groups in total. The predicted octanol–water partition coefficient (Wildman–Crippen LogP) is 3.12. The van der Waals surface area contributed by atoms with Gasteiger partial charge in [0, 0.05) is 6.61 Å². The molecule has 2 heteroatoms. The molecule has 1 aliphatic rings. The van der Waals surface area contributed by atoms with E-state index in [0.29, 0.717) is 18.1 Å². The third-order valence-corrected chi connectivity index (χ3v) is 3.18. The molecule has 15 heavy (non-hydrogen) atoms. The minimum Gasteiger partial charge on any atom is -0.367 e. The topological polar surface area (TPSA) is 26.3 Å². The molecule has 1 fully saturated rings. The average Bonchev–Trinajstić information content (AvgIpc) is 2.17. The first-order chi connectivity index (χ1) is 7.02. The van der Waals surface area contributed by atoms with Crippen molar-refractivity contribution in [3.05, 3.63) is 12.2 Å². The summed E-state index contributed by atoms with van der Waals surface area (Å²) in [5.41, 5.74) is 0.0654. The molecule has 0 aromatic rings. The average molecular weight is 210 g/mol. The van der Waals surface area contributed by atoms with Crippen LogP contribution in [0.1, 0.15) is 46.5 Å². The van der Waals surface area contributed by atoms with Gasteiger partial charge in [0.2, 0.25) is 0 Å². The molecule has 1 saturated carbocycles. The van der Waals surface area contributed by atoms with Gasteiger partial charge in [-0.15, -0.1) is 0 Å². The summed E-state index contributed by atoms with van der Waals surface area (Å²) in [5.74, 6) is 0.685. The predicted molar refractivity (Wildman–Crippen MR) is 61.8 cm³/mol. The van der Waals surface area contributed by atoms with E-state index in [9.17, 15) is 4.79 Å². The molecule has 2 nitrogen and oxygen atoms in total. The number of rotatable bonds is 4. The summed E-state index contributed by atoms with van der Waals surface area (Å²) in [4.78, 5) is 12.1. The molecule has 1 aliphatic carbocycles. The summed E-state index contributed by atoms with van der Waals surface area (Å²) in [6.45, 7) is 10.3.